The molecule has 0 aromatic carbocycles. The van der Waals surface area contributed by atoms with E-state index in [1.807, 2.05) is 0 Å². The van der Waals surface area contributed by atoms with Gasteiger partial charge in [0.05, 0.1) is 6.61 Å². The molecule has 1 saturated heterocycles. The summed E-state index contributed by atoms with van der Waals surface area (Å²) < 4.78 is 4.87. The van der Waals surface area contributed by atoms with Gasteiger partial charge in [0.2, 0.25) is 0 Å². The van der Waals surface area contributed by atoms with Gasteiger partial charge in [-0.2, -0.15) is 0 Å². The molecule has 1 rings (SSSR count). The van der Waals surface area contributed by atoms with Gasteiger partial charge in [-0.05, 0) is 12.8 Å². The Bertz CT molecular complexity index is 245. The zero-order chi connectivity index (χ0) is 11.3. The Morgan fingerprint density at radius 3 is 2.80 bits per heavy atom. The predicted molar refractivity (Wildman–Crippen MR) is 59.7 cm³/mol. The van der Waals surface area contributed by atoms with Crippen molar-refractivity contribution in [3.63, 3.8) is 0 Å². The molecule has 2 unspecified atom stereocenters. The normalized spacial score (nSPS) is 25.2. The maximum Gasteiger partial charge on any atom is 0.302 e. The quantitative estimate of drug-likeness (QED) is 0.730. The third-order valence-corrected chi connectivity index (χ3v) is 3.31. The van der Waals surface area contributed by atoms with Gasteiger partial charge < -0.3 is 10.1 Å². The molecule has 1 fully saturated rings. The van der Waals surface area contributed by atoms with Crippen LogP contribution in [0.1, 0.15) is 26.7 Å². The number of esters is 1. The van der Waals surface area contributed by atoms with E-state index in [-0.39, 0.29) is 11.1 Å². The monoisotopic (exact) mass is 231 g/mol. The van der Waals surface area contributed by atoms with Crippen molar-refractivity contribution in [2.75, 3.05) is 13.2 Å². The highest BCUT2D eigenvalue weighted by Gasteiger charge is 2.25. The first-order valence-corrected chi connectivity index (χ1v) is 6.00. The van der Waals surface area contributed by atoms with Crippen LogP contribution in [0.25, 0.3) is 0 Å². The summed E-state index contributed by atoms with van der Waals surface area (Å²) in [6.45, 7) is 4.34. The van der Waals surface area contributed by atoms with Crippen LogP contribution in [0.2, 0.25) is 0 Å². The standard InChI is InChI=1S/C10H17NO3S/c1-7(12)14-4-3-9-5-10(6-11-9)15-8(2)13/h9-11H,3-6H2,1-2H3. The van der Waals surface area contributed by atoms with Crippen molar-refractivity contribution in [1.29, 1.82) is 0 Å². The molecule has 1 aliphatic rings. The molecule has 0 radical (unpaired) electrons. The maximum absolute atomic E-state index is 10.9. The van der Waals surface area contributed by atoms with Gasteiger partial charge in [-0.25, -0.2) is 0 Å². The number of nitrogens with one attached hydrogen (secondary N) is 1. The fourth-order valence-corrected chi connectivity index (χ4v) is 2.65. The summed E-state index contributed by atoms with van der Waals surface area (Å²) in [6, 6.07) is 0.376. The SMILES string of the molecule is CC(=O)OCCC1CC(SC(C)=O)CN1. The van der Waals surface area contributed by atoms with Crippen LogP contribution in [0, 0.1) is 0 Å². The Morgan fingerprint density at radius 1 is 1.47 bits per heavy atom. The van der Waals surface area contributed by atoms with Gasteiger partial charge in [-0.15, -0.1) is 0 Å². The number of ether oxygens (including phenoxy) is 1. The highest BCUT2D eigenvalue weighted by molar-refractivity contribution is 8.14. The van der Waals surface area contributed by atoms with Gasteiger partial charge in [0, 0.05) is 31.7 Å². The van der Waals surface area contributed by atoms with E-state index in [1.54, 1.807) is 6.92 Å². The lowest BCUT2D eigenvalue weighted by molar-refractivity contribution is -0.141. The van der Waals surface area contributed by atoms with Gasteiger partial charge in [0.15, 0.2) is 5.12 Å². The molecule has 1 N–H and O–H groups in total. The fourth-order valence-electron chi connectivity index (χ4n) is 1.67. The van der Waals surface area contributed by atoms with E-state index in [9.17, 15) is 9.59 Å². The second kappa shape index (κ2) is 6.12. The summed E-state index contributed by atoms with van der Waals surface area (Å²) in [5.41, 5.74) is 0. The summed E-state index contributed by atoms with van der Waals surface area (Å²) in [5.74, 6) is -0.234. The predicted octanol–water partition coefficient (Wildman–Crippen LogP) is 0.950. The third kappa shape index (κ3) is 5.18. The minimum absolute atomic E-state index is 0.169. The van der Waals surface area contributed by atoms with Crippen LogP contribution >= 0.6 is 11.8 Å². The topological polar surface area (TPSA) is 55.4 Å². The molecular weight excluding hydrogens is 214 g/mol. The number of thioether (sulfide) groups is 1. The Labute approximate surface area is 94.1 Å². The van der Waals surface area contributed by atoms with Crippen molar-refractivity contribution >= 4 is 22.8 Å². The molecule has 0 aromatic rings. The second-order valence-electron chi connectivity index (χ2n) is 3.70. The Morgan fingerprint density at radius 2 is 2.20 bits per heavy atom. The first-order chi connectivity index (χ1) is 7.08. The number of hydrogen-bond acceptors (Lipinski definition) is 5. The average Bonchev–Trinajstić information content (AvgIpc) is 2.50. The van der Waals surface area contributed by atoms with Crippen molar-refractivity contribution < 1.29 is 14.3 Å². The largest absolute Gasteiger partial charge is 0.466 e. The first kappa shape index (κ1) is 12.5. The minimum atomic E-state index is -0.234. The first-order valence-electron chi connectivity index (χ1n) is 5.12. The molecule has 15 heavy (non-hydrogen) atoms. The third-order valence-electron chi connectivity index (χ3n) is 2.29. The van der Waals surface area contributed by atoms with E-state index < -0.39 is 0 Å². The zero-order valence-corrected chi connectivity index (χ0v) is 9.93. The van der Waals surface area contributed by atoms with Gasteiger partial charge in [0.1, 0.15) is 0 Å². The van der Waals surface area contributed by atoms with E-state index in [4.69, 9.17) is 4.74 Å². The summed E-state index contributed by atoms with van der Waals surface area (Å²) in [7, 11) is 0. The molecule has 0 spiro atoms. The molecule has 0 aromatic heterocycles. The van der Waals surface area contributed by atoms with Crippen molar-refractivity contribution in [3.8, 4) is 0 Å². The van der Waals surface area contributed by atoms with Crippen molar-refractivity contribution in [2.24, 2.45) is 0 Å². The summed E-state index contributed by atoms with van der Waals surface area (Å²) in [6.07, 6.45) is 1.81. The highest BCUT2D eigenvalue weighted by Crippen LogP contribution is 2.22. The van der Waals surface area contributed by atoms with Crippen LogP contribution in [0.4, 0.5) is 0 Å². The van der Waals surface area contributed by atoms with Crippen molar-refractivity contribution in [1.82, 2.24) is 5.32 Å². The molecule has 0 saturated carbocycles. The van der Waals surface area contributed by atoms with Crippen LogP contribution in [0.5, 0.6) is 0 Å². The van der Waals surface area contributed by atoms with E-state index in [0.29, 0.717) is 17.9 Å². The number of hydrogen-bond donors (Lipinski definition) is 1. The van der Waals surface area contributed by atoms with E-state index in [2.05, 4.69) is 5.32 Å². The summed E-state index contributed by atoms with van der Waals surface area (Å²) >= 11 is 1.40. The molecule has 4 nitrogen and oxygen atoms in total. The summed E-state index contributed by atoms with van der Waals surface area (Å²) in [4.78, 5) is 21.4. The number of rotatable bonds is 4. The van der Waals surface area contributed by atoms with Gasteiger partial charge >= 0.3 is 5.97 Å². The average molecular weight is 231 g/mol. The lowest BCUT2D eigenvalue weighted by Gasteiger charge is -2.09. The molecule has 0 bridgehead atoms. The smallest absolute Gasteiger partial charge is 0.302 e. The lowest BCUT2D eigenvalue weighted by Crippen LogP contribution is -2.23. The van der Waals surface area contributed by atoms with Crippen molar-refractivity contribution in [3.05, 3.63) is 0 Å². The molecular formula is C10H17NO3S. The van der Waals surface area contributed by atoms with Gasteiger partial charge in [-0.3, -0.25) is 9.59 Å². The second-order valence-corrected chi connectivity index (χ2v) is 5.18. The highest BCUT2D eigenvalue weighted by atomic mass is 32.2. The van der Waals surface area contributed by atoms with Crippen LogP contribution in [0.3, 0.4) is 0 Å². The van der Waals surface area contributed by atoms with E-state index in [1.165, 1.54) is 18.7 Å². The Balaban J connectivity index is 2.13. The van der Waals surface area contributed by atoms with E-state index >= 15 is 0 Å². The zero-order valence-electron chi connectivity index (χ0n) is 9.12. The molecule has 2 atom stereocenters. The molecule has 1 aliphatic heterocycles. The minimum Gasteiger partial charge on any atom is -0.466 e. The van der Waals surface area contributed by atoms with Crippen molar-refractivity contribution in [2.45, 2.75) is 38.0 Å². The van der Waals surface area contributed by atoms with Crippen LogP contribution in [-0.2, 0) is 14.3 Å². The Kier molecular flexibility index (Phi) is 5.11. The molecule has 0 aliphatic carbocycles. The van der Waals surface area contributed by atoms with Gasteiger partial charge in [-0.1, -0.05) is 11.8 Å². The molecule has 5 heteroatoms. The Hall–Kier alpha value is -0.550. The maximum atomic E-state index is 10.9. The number of carbonyl (C=O) groups is 2. The molecule has 86 valence electrons. The van der Waals surface area contributed by atoms with Crippen LogP contribution in [-0.4, -0.2) is 35.5 Å². The lowest BCUT2D eigenvalue weighted by atomic mass is 10.2. The fraction of sp³-hybridized carbons (Fsp3) is 0.800. The van der Waals surface area contributed by atoms with Gasteiger partial charge in [0.25, 0.3) is 0 Å². The summed E-state index contributed by atoms with van der Waals surface area (Å²) in [5, 5.41) is 3.87. The molecule has 1 heterocycles. The van der Waals surface area contributed by atoms with E-state index in [0.717, 1.165) is 19.4 Å². The van der Waals surface area contributed by atoms with Crippen LogP contribution < -0.4 is 5.32 Å². The number of carbonyl (C=O) groups excluding carboxylic acids is 2. The molecule has 0 amide bonds. The van der Waals surface area contributed by atoms with Crippen LogP contribution in [0.15, 0.2) is 0 Å².